The van der Waals surface area contributed by atoms with Gasteiger partial charge >= 0.3 is 35.2 Å². The van der Waals surface area contributed by atoms with Gasteiger partial charge in [-0.25, -0.2) is 4.79 Å². The molecular formula is C12H17N2NaO8. The van der Waals surface area contributed by atoms with Crippen LogP contribution in [0.1, 0.15) is 11.7 Å². The molecule has 23 heavy (non-hydrogen) atoms. The number of hydrogen-bond donors (Lipinski definition) is 4. The fourth-order valence-corrected chi connectivity index (χ4v) is 2.44. The number of rotatable bonds is 2. The van der Waals surface area contributed by atoms with Gasteiger partial charge in [0.2, 0.25) is 0 Å². The molecule has 0 spiro atoms. The van der Waals surface area contributed by atoms with Crippen molar-refractivity contribution < 1.29 is 54.7 Å². The van der Waals surface area contributed by atoms with E-state index in [-0.39, 0.29) is 29.6 Å². The number of hydrogen-bond acceptors (Lipinski definition) is 8. The molecule has 0 bridgehead atoms. The summed E-state index contributed by atoms with van der Waals surface area (Å²) in [5, 5.41) is 38.5. The minimum Gasteiger partial charge on any atom is -0.395 e. The number of nitrogens with zero attached hydrogens (tertiary/aromatic N) is 2. The van der Waals surface area contributed by atoms with Gasteiger partial charge in [0.05, 0.1) is 12.7 Å². The van der Waals surface area contributed by atoms with Crippen LogP contribution in [0.4, 0.5) is 0 Å². The first-order valence-electron chi connectivity index (χ1n) is 6.49. The quantitative estimate of drug-likeness (QED) is 0.306. The minimum atomic E-state index is -1.77. The van der Waals surface area contributed by atoms with Crippen LogP contribution in [0.25, 0.3) is 0 Å². The van der Waals surface area contributed by atoms with Crippen LogP contribution in [0.2, 0.25) is 0 Å². The standard InChI is InChI=1S/C12H17N2O8.Na/c1-13-10(19)5(11(20)14(2)12(13)21)9-8(18)7(17)6(16)4(3-15)22-9;/h4,6-9,15-18H,3H2,1-2H3;/q-1;+1/t4-,6-,7+,8-,9+;/m1./s1. The maximum Gasteiger partial charge on any atom is 1.00 e. The van der Waals surface area contributed by atoms with Crippen molar-refractivity contribution in [2.45, 2.75) is 30.5 Å². The van der Waals surface area contributed by atoms with Crippen molar-refractivity contribution in [3.63, 3.8) is 0 Å². The number of aliphatic hydroxyl groups is 4. The summed E-state index contributed by atoms with van der Waals surface area (Å²) in [4.78, 5) is 35.9. The molecule has 0 unspecified atom stereocenters. The van der Waals surface area contributed by atoms with E-state index in [1.807, 2.05) is 0 Å². The molecule has 10 nitrogen and oxygen atoms in total. The molecule has 4 N–H and O–H groups in total. The Morgan fingerprint density at radius 2 is 1.48 bits per heavy atom. The van der Waals surface area contributed by atoms with Crippen LogP contribution in [-0.4, -0.2) is 60.6 Å². The van der Waals surface area contributed by atoms with Crippen LogP contribution in [0.5, 0.6) is 0 Å². The van der Waals surface area contributed by atoms with Crippen LogP contribution in [-0.2, 0) is 18.8 Å². The summed E-state index contributed by atoms with van der Waals surface area (Å²) < 4.78 is 6.52. The van der Waals surface area contributed by atoms with E-state index in [9.17, 15) is 29.7 Å². The second kappa shape index (κ2) is 7.45. The van der Waals surface area contributed by atoms with E-state index >= 15 is 0 Å². The van der Waals surface area contributed by atoms with Crippen molar-refractivity contribution >= 4 is 0 Å². The third kappa shape index (κ3) is 3.26. The Balaban J connectivity index is 0.00000264. The van der Waals surface area contributed by atoms with Crippen LogP contribution < -0.4 is 46.4 Å². The molecule has 0 aliphatic carbocycles. The molecule has 2 heterocycles. The van der Waals surface area contributed by atoms with E-state index in [0.717, 1.165) is 14.1 Å². The van der Waals surface area contributed by atoms with Crippen molar-refractivity contribution in [2.75, 3.05) is 6.61 Å². The molecule has 1 aromatic rings. The van der Waals surface area contributed by atoms with Crippen LogP contribution in [0.15, 0.2) is 14.4 Å². The Bertz CT molecular complexity index is 696. The van der Waals surface area contributed by atoms with E-state index < -0.39 is 59.5 Å². The largest absolute Gasteiger partial charge is 1.00 e. The van der Waals surface area contributed by atoms with Crippen molar-refractivity contribution in [3.8, 4) is 0 Å². The monoisotopic (exact) mass is 340 g/mol. The van der Waals surface area contributed by atoms with Gasteiger partial charge in [-0.15, -0.1) is 0 Å². The molecule has 0 radical (unpaired) electrons. The Hall–Kier alpha value is -0.720. The van der Waals surface area contributed by atoms with E-state index in [2.05, 4.69) is 0 Å². The first kappa shape index (κ1) is 20.3. The molecule has 1 aromatic heterocycles. The van der Waals surface area contributed by atoms with Gasteiger partial charge in [0.1, 0.15) is 29.4 Å². The van der Waals surface area contributed by atoms with Crippen LogP contribution >= 0.6 is 0 Å². The number of aromatic nitrogens is 2. The van der Waals surface area contributed by atoms with Gasteiger partial charge in [-0.3, -0.25) is 9.13 Å². The Kier molecular flexibility index (Phi) is 6.58. The predicted molar refractivity (Wildman–Crippen MR) is 71.5 cm³/mol. The van der Waals surface area contributed by atoms with Crippen LogP contribution in [0.3, 0.4) is 0 Å². The predicted octanol–water partition coefficient (Wildman–Crippen LogP) is -7.32. The smallest absolute Gasteiger partial charge is 0.395 e. The average molecular weight is 340 g/mol. The Labute approximate surface area is 151 Å². The van der Waals surface area contributed by atoms with Gasteiger partial charge in [0, 0.05) is 14.1 Å². The average Bonchev–Trinajstić information content (AvgIpc) is 2.51. The summed E-state index contributed by atoms with van der Waals surface area (Å²) in [6, 6.07) is 0. The Morgan fingerprint density at radius 3 is 1.91 bits per heavy atom. The summed E-state index contributed by atoms with van der Waals surface area (Å²) in [5.41, 5.74) is -3.35. The van der Waals surface area contributed by atoms with E-state index in [1.165, 1.54) is 0 Å². The van der Waals surface area contributed by atoms with Crippen molar-refractivity contribution in [1.82, 2.24) is 9.13 Å². The molecule has 1 saturated heterocycles. The zero-order valence-corrected chi connectivity index (χ0v) is 14.9. The summed E-state index contributed by atoms with van der Waals surface area (Å²) in [5.74, 6) is 0. The van der Waals surface area contributed by atoms with Gasteiger partial charge in [0.15, 0.2) is 0 Å². The maximum absolute atomic E-state index is 12.1. The normalized spacial score (nSPS) is 30.8. The van der Waals surface area contributed by atoms with Gasteiger partial charge in [-0.2, -0.15) is 5.56 Å². The summed E-state index contributed by atoms with van der Waals surface area (Å²) in [6.45, 7) is -0.693. The van der Waals surface area contributed by atoms with Gasteiger partial charge in [-0.05, 0) is 6.10 Å². The third-order valence-corrected chi connectivity index (χ3v) is 3.82. The van der Waals surface area contributed by atoms with Crippen LogP contribution in [0, 0.1) is 0 Å². The van der Waals surface area contributed by atoms with E-state index in [1.54, 1.807) is 0 Å². The SMILES string of the molecule is Cn1c(=O)[c-]([C@@H]2O[C@H](CO)[C@@H](O)[C@H](O)[C@H]2O)c(=O)n(C)c1=O.[Na+]. The molecule has 5 atom stereocenters. The molecule has 0 aromatic carbocycles. The van der Waals surface area contributed by atoms with Gasteiger partial charge in [-0.1, -0.05) is 0 Å². The first-order valence-corrected chi connectivity index (χ1v) is 6.49. The molecule has 0 saturated carbocycles. The maximum atomic E-state index is 12.1. The summed E-state index contributed by atoms with van der Waals surface area (Å²) in [6.07, 6.45) is -7.94. The molecule has 1 aliphatic heterocycles. The molecule has 1 aliphatic rings. The van der Waals surface area contributed by atoms with Crippen molar-refractivity contribution in [1.29, 1.82) is 0 Å². The van der Waals surface area contributed by atoms with Gasteiger partial charge in [0.25, 0.3) is 0 Å². The molecule has 124 valence electrons. The molecule has 1 fully saturated rings. The van der Waals surface area contributed by atoms with Gasteiger partial charge < -0.3 is 34.8 Å². The zero-order chi connectivity index (χ0) is 16.8. The topological polar surface area (TPSA) is 151 Å². The Morgan fingerprint density at radius 1 is 1.00 bits per heavy atom. The zero-order valence-electron chi connectivity index (χ0n) is 12.9. The molecular weight excluding hydrogens is 323 g/mol. The first-order chi connectivity index (χ1) is 10.2. The second-order valence-electron chi connectivity index (χ2n) is 5.17. The summed E-state index contributed by atoms with van der Waals surface area (Å²) >= 11 is 0. The van der Waals surface area contributed by atoms with E-state index in [4.69, 9.17) is 9.84 Å². The summed E-state index contributed by atoms with van der Waals surface area (Å²) in [7, 11) is 2.30. The van der Waals surface area contributed by atoms with Crippen molar-refractivity contribution in [3.05, 3.63) is 36.8 Å². The molecule has 11 heteroatoms. The van der Waals surface area contributed by atoms with E-state index in [0.29, 0.717) is 9.13 Å². The minimum absolute atomic E-state index is 0. The fraction of sp³-hybridized carbons (Fsp3) is 0.667. The third-order valence-electron chi connectivity index (χ3n) is 3.82. The number of aliphatic hydroxyl groups excluding tert-OH is 4. The second-order valence-corrected chi connectivity index (χ2v) is 5.17. The fourth-order valence-electron chi connectivity index (χ4n) is 2.44. The van der Waals surface area contributed by atoms with Crippen molar-refractivity contribution in [2.24, 2.45) is 14.1 Å². The number of ether oxygens (including phenoxy) is 1. The molecule has 0 amide bonds. The molecule has 2 rings (SSSR count).